The summed E-state index contributed by atoms with van der Waals surface area (Å²) in [5.74, 6) is -3.07. The molecule has 6 N–H and O–H groups in total. The van der Waals surface area contributed by atoms with E-state index >= 15 is 0 Å². The van der Waals surface area contributed by atoms with Gasteiger partial charge in [-0.05, 0) is 55.9 Å². The highest BCUT2D eigenvalue weighted by Crippen LogP contribution is 2.30. The largest absolute Gasteiger partial charge is 0.480 e. The zero-order chi connectivity index (χ0) is 29.0. The second-order valence-electron chi connectivity index (χ2n) is 9.63. The van der Waals surface area contributed by atoms with Crippen LogP contribution in [0.25, 0.3) is 0 Å². The molecule has 2 amide bonds. The molecule has 39 heavy (non-hydrogen) atoms. The molecule has 16 heteroatoms. The SMILES string of the molecule is N=C(N)N1CCC[C@@H](CNC(=O)C[C@H](NS(=O)(=O)c2ccc(C(F)(F)F)cc2)C(=O)N(CC(=O)O)C2CC2)C1. The van der Waals surface area contributed by atoms with Crippen LogP contribution in [0, 0.1) is 11.3 Å². The highest BCUT2D eigenvalue weighted by molar-refractivity contribution is 7.89. The maximum absolute atomic E-state index is 13.3. The number of amides is 2. The fraction of sp³-hybridized carbons (Fsp3) is 0.565. The number of carbonyl (C=O) groups is 3. The number of benzene rings is 1. The van der Waals surface area contributed by atoms with Crippen LogP contribution in [0.3, 0.4) is 0 Å². The van der Waals surface area contributed by atoms with Crippen LogP contribution in [0.4, 0.5) is 13.2 Å². The number of halogens is 3. The van der Waals surface area contributed by atoms with Crippen LogP contribution < -0.4 is 15.8 Å². The number of sulfonamides is 1. The van der Waals surface area contributed by atoms with Gasteiger partial charge in [-0.2, -0.15) is 17.9 Å². The smallest absolute Gasteiger partial charge is 0.416 e. The van der Waals surface area contributed by atoms with Crippen molar-refractivity contribution in [2.75, 3.05) is 26.2 Å². The van der Waals surface area contributed by atoms with Crippen LogP contribution in [-0.2, 0) is 30.6 Å². The average molecular weight is 577 g/mol. The quantitative estimate of drug-likeness (QED) is 0.187. The van der Waals surface area contributed by atoms with Gasteiger partial charge in [0.25, 0.3) is 0 Å². The van der Waals surface area contributed by atoms with Gasteiger partial charge >= 0.3 is 12.1 Å². The molecule has 0 spiro atoms. The summed E-state index contributed by atoms with van der Waals surface area (Å²) in [7, 11) is -4.57. The minimum absolute atomic E-state index is 0.0421. The van der Waals surface area contributed by atoms with Gasteiger partial charge in [0, 0.05) is 25.7 Å². The standard InChI is InChI=1S/C23H31F3N6O6S/c24-23(25,26)15-3-7-17(8-4-15)39(37,38)30-18(21(36)32(13-20(34)35)16-5-6-16)10-19(33)29-11-14-2-1-9-31(12-14)22(27)28/h3-4,7-8,14,16,18,30H,1-2,5-6,9-13H2,(H3,27,28)(H,29,33)(H,34,35)/t14-,18-/m0/s1. The molecule has 12 nitrogen and oxygen atoms in total. The second kappa shape index (κ2) is 12.2. The normalized spacial score (nSPS) is 18.7. The minimum atomic E-state index is -4.69. The summed E-state index contributed by atoms with van der Waals surface area (Å²) in [4.78, 5) is 39.5. The van der Waals surface area contributed by atoms with Crippen LogP contribution in [0.1, 0.15) is 37.7 Å². The highest BCUT2D eigenvalue weighted by Gasteiger charge is 2.39. The molecular weight excluding hydrogens is 545 g/mol. The van der Waals surface area contributed by atoms with Crippen molar-refractivity contribution in [3.8, 4) is 0 Å². The van der Waals surface area contributed by atoms with Gasteiger partial charge in [0.05, 0.1) is 16.9 Å². The van der Waals surface area contributed by atoms with E-state index in [4.69, 9.17) is 11.1 Å². The van der Waals surface area contributed by atoms with Gasteiger partial charge in [0.15, 0.2) is 5.96 Å². The van der Waals surface area contributed by atoms with E-state index in [1.54, 1.807) is 4.90 Å². The number of likely N-dealkylation sites (tertiary alicyclic amines) is 1. The van der Waals surface area contributed by atoms with Crippen LogP contribution in [0.5, 0.6) is 0 Å². The fourth-order valence-electron chi connectivity index (χ4n) is 4.34. The van der Waals surface area contributed by atoms with Crippen molar-refractivity contribution in [1.29, 1.82) is 5.41 Å². The van der Waals surface area contributed by atoms with Crippen LogP contribution >= 0.6 is 0 Å². The predicted octanol–water partition coefficient (Wildman–Crippen LogP) is 0.540. The van der Waals surface area contributed by atoms with Crippen molar-refractivity contribution >= 4 is 33.8 Å². The Balaban J connectivity index is 1.75. The number of aliphatic carboxylic acids is 1. The lowest BCUT2D eigenvalue weighted by Crippen LogP contribution is -2.52. The van der Waals surface area contributed by atoms with E-state index in [0.29, 0.717) is 38.1 Å². The number of nitrogens with two attached hydrogens (primary N) is 1. The third kappa shape index (κ3) is 8.54. The highest BCUT2D eigenvalue weighted by atomic mass is 32.2. The molecule has 216 valence electrons. The molecule has 0 bridgehead atoms. The summed E-state index contributed by atoms with van der Waals surface area (Å²) in [6.45, 7) is 0.526. The van der Waals surface area contributed by atoms with E-state index in [1.807, 2.05) is 0 Å². The first kappa shape index (κ1) is 30.1. The predicted molar refractivity (Wildman–Crippen MR) is 132 cm³/mol. The first-order chi connectivity index (χ1) is 18.2. The Bertz CT molecular complexity index is 1190. The van der Waals surface area contributed by atoms with E-state index in [0.717, 1.165) is 29.9 Å². The Morgan fingerprint density at radius 1 is 1.18 bits per heavy atom. The molecule has 1 saturated carbocycles. The lowest BCUT2D eigenvalue weighted by atomic mass is 9.98. The van der Waals surface area contributed by atoms with Crippen molar-refractivity contribution in [2.45, 2.75) is 55.3 Å². The summed E-state index contributed by atoms with van der Waals surface area (Å²) in [6, 6.07) is 0.493. The van der Waals surface area contributed by atoms with Crippen molar-refractivity contribution in [2.24, 2.45) is 11.7 Å². The van der Waals surface area contributed by atoms with Crippen molar-refractivity contribution in [1.82, 2.24) is 19.8 Å². The lowest BCUT2D eigenvalue weighted by Gasteiger charge is -2.33. The molecule has 0 aromatic heterocycles. The number of nitrogens with zero attached hydrogens (tertiary/aromatic N) is 2. The van der Waals surface area contributed by atoms with E-state index < -0.39 is 69.5 Å². The molecule has 2 aliphatic rings. The fourth-order valence-corrected chi connectivity index (χ4v) is 5.53. The molecule has 1 aliphatic carbocycles. The van der Waals surface area contributed by atoms with Gasteiger partial charge in [0.1, 0.15) is 12.6 Å². The molecule has 2 fully saturated rings. The molecule has 1 aromatic carbocycles. The molecule has 1 heterocycles. The summed E-state index contributed by atoms with van der Waals surface area (Å²) in [5, 5.41) is 19.5. The van der Waals surface area contributed by atoms with Gasteiger partial charge in [-0.15, -0.1) is 0 Å². The molecular formula is C23H31F3N6O6S. The number of piperidine rings is 1. The van der Waals surface area contributed by atoms with Crippen LogP contribution in [0.15, 0.2) is 29.2 Å². The summed E-state index contributed by atoms with van der Waals surface area (Å²) in [6.07, 6.45) is -2.82. The van der Waals surface area contributed by atoms with Crippen LogP contribution in [0.2, 0.25) is 0 Å². The minimum Gasteiger partial charge on any atom is -0.480 e. The van der Waals surface area contributed by atoms with Crippen molar-refractivity contribution in [3.05, 3.63) is 29.8 Å². The Hall–Kier alpha value is -3.40. The monoisotopic (exact) mass is 576 g/mol. The topological polar surface area (TPSA) is 186 Å². The third-order valence-corrected chi connectivity index (χ3v) is 7.99. The first-order valence-corrected chi connectivity index (χ1v) is 13.7. The second-order valence-corrected chi connectivity index (χ2v) is 11.3. The molecule has 1 aromatic rings. The maximum atomic E-state index is 13.3. The Kier molecular flexibility index (Phi) is 9.43. The number of nitrogens with one attached hydrogen (secondary N) is 3. The van der Waals surface area contributed by atoms with Gasteiger partial charge in [-0.3, -0.25) is 19.8 Å². The summed E-state index contributed by atoms with van der Waals surface area (Å²) in [5.41, 5.74) is 4.46. The average Bonchev–Trinajstić information content (AvgIpc) is 3.70. The molecule has 1 saturated heterocycles. The van der Waals surface area contributed by atoms with Gasteiger partial charge in [0.2, 0.25) is 21.8 Å². The van der Waals surface area contributed by atoms with Crippen molar-refractivity contribution < 1.29 is 41.1 Å². The molecule has 0 unspecified atom stereocenters. The zero-order valence-corrected chi connectivity index (χ0v) is 21.7. The van der Waals surface area contributed by atoms with Crippen molar-refractivity contribution in [3.63, 3.8) is 0 Å². The lowest BCUT2D eigenvalue weighted by molar-refractivity contribution is -0.146. The molecule has 2 atom stereocenters. The number of carbonyl (C=O) groups excluding carboxylic acids is 2. The van der Waals surface area contributed by atoms with Gasteiger partial charge in [-0.25, -0.2) is 8.42 Å². The molecule has 3 rings (SSSR count). The Morgan fingerprint density at radius 2 is 1.82 bits per heavy atom. The van der Waals surface area contributed by atoms with Crippen LogP contribution in [-0.4, -0.2) is 85.3 Å². The van der Waals surface area contributed by atoms with E-state index in [2.05, 4.69) is 10.0 Å². The first-order valence-electron chi connectivity index (χ1n) is 12.2. The van der Waals surface area contributed by atoms with E-state index in [-0.39, 0.29) is 18.4 Å². The molecule has 1 aliphatic heterocycles. The molecule has 0 radical (unpaired) electrons. The Morgan fingerprint density at radius 3 is 2.36 bits per heavy atom. The number of hydrogen-bond donors (Lipinski definition) is 5. The number of guanidine groups is 1. The van der Waals surface area contributed by atoms with E-state index in [1.165, 1.54) is 0 Å². The number of carboxylic acids is 1. The van der Waals surface area contributed by atoms with Gasteiger partial charge < -0.3 is 26.0 Å². The number of alkyl halides is 3. The number of carboxylic acid groups (broad SMARTS) is 1. The Labute approximate surface area is 223 Å². The maximum Gasteiger partial charge on any atom is 0.416 e. The summed E-state index contributed by atoms with van der Waals surface area (Å²) < 4.78 is 66.7. The van der Waals surface area contributed by atoms with Gasteiger partial charge in [-0.1, -0.05) is 0 Å². The number of hydrogen-bond acceptors (Lipinski definition) is 6. The van der Waals surface area contributed by atoms with E-state index in [9.17, 15) is 41.1 Å². The zero-order valence-electron chi connectivity index (χ0n) is 20.9. The third-order valence-electron chi connectivity index (χ3n) is 6.50. The number of rotatable bonds is 11. The summed E-state index contributed by atoms with van der Waals surface area (Å²) >= 11 is 0.